The lowest BCUT2D eigenvalue weighted by Crippen LogP contribution is -2.35. The zero-order chi connectivity index (χ0) is 11.4. The predicted octanol–water partition coefficient (Wildman–Crippen LogP) is 1.95. The number of thioether (sulfide) groups is 1. The molecule has 1 aliphatic rings. The van der Waals surface area contributed by atoms with E-state index in [4.69, 9.17) is 5.73 Å². The van der Waals surface area contributed by atoms with E-state index >= 15 is 0 Å². The molecule has 86 valence electrons. The minimum Gasteiger partial charge on any atom is -0.350 e. The Balaban J connectivity index is 2.69. The normalized spacial score (nSPS) is 34.1. The van der Waals surface area contributed by atoms with E-state index in [0.717, 1.165) is 18.6 Å². The molecular formula is C10H19N3OS. The number of primary amides is 1. The van der Waals surface area contributed by atoms with Crippen LogP contribution in [0.3, 0.4) is 0 Å². The molecule has 0 bridgehead atoms. The highest BCUT2D eigenvalue weighted by Crippen LogP contribution is 2.35. The Hall–Kier alpha value is -0.710. The van der Waals surface area contributed by atoms with Crippen LogP contribution in [-0.4, -0.2) is 22.2 Å². The first-order valence-corrected chi connectivity index (χ1v) is 6.26. The molecule has 5 heteroatoms. The summed E-state index contributed by atoms with van der Waals surface area (Å²) in [5.74, 6) is 0.419. The molecular weight excluding hydrogens is 210 g/mol. The molecule has 1 aliphatic heterocycles. The summed E-state index contributed by atoms with van der Waals surface area (Å²) in [4.78, 5) is 10.6. The minimum absolute atomic E-state index is 0.419. The minimum atomic E-state index is -0.589. The third-order valence-electron chi connectivity index (χ3n) is 2.70. The summed E-state index contributed by atoms with van der Waals surface area (Å²) < 4.78 is 0. The van der Waals surface area contributed by atoms with Crippen molar-refractivity contribution in [2.45, 2.75) is 44.1 Å². The van der Waals surface area contributed by atoms with E-state index < -0.39 is 6.03 Å². The van der Waals surface area contributed by atoms with Gasteiger partial charge in [-0.25, -0.2) is 10.2 Å². The Kier molecular flexibility index (Phi) is 4.45. The van der Waals surface area contributed by atoms with Crippen LogP contribution in [0, 0.1) is 5.92 Å². The van der Waals surface area contributed by atoms with Gasteiger partial charge in [-0.1, -0.05) is 20.8 Å². The Bertz CT molecular complexity index is 267. The molecule has 0 aromatic heterocycles. The van der Waals surface area contributed by atoms with Gasteiger partial charge in [0.2, 0.25) is 0 Å². The standard InChI is InChI=1S/C10H19N3OS/c1-4-9-7(3)8(5-6(2)15-9)12-13-10(11)14/h6-7,9H,4-5H2,1-3H3,(H3,11,13,14)/b12-8+. The molecule has 0 aromatic rings. The highest BCUT2D eigenvalue weighted by atomic mass is 32.2. The van der Waals surface area contributed by atoms with Gasteiger partial charge in [-0.3, -0.25) is 0 Å². The van der Waals surface area contributed by atoms with Gasteiger partial charge in [0, 0.05) is 22.1 Å². The van der Waals surface area contributed by atoms with Gasteiger partial charge < -0.3 is 5.73 Å². The molecule has 1 heterocycles. The molecule has 1 rings (SSSR count). The second-order valence-electron chi connectivity index (χ2n) is 3.97. The van der Waals surface area contributed by atoms with Crippen LogP contribution in [0.15, 0.2) is 5.10 Å². The SMILES string of the molecule is CCC1SC(C)C/C(=N\NC(N)=O)C1C. The number of amides is 2. The van der Waals surface area contributed by atoms with Gasteiger partial charge in [-0.05, 0) is 12.8 Å². The number of hydrazone groups is 1. The van der Waals surface area contributed by atoms with Crippen molar-refractivity contribution in [2.24, 2.45) is 16.8 Å². The van der Waals surface area contributed by atoms with Crippen LogP contribution in [0.1, 0.15) is 33.6 Å². The summed E-state index contributed by atoms with van der Waals surface area (Å²) >= 11 is 2.01. The summed E-state index contributed by atoms with van der Waals surface area (Å²) in [5.41, 5.74) is 8.38. The number of carbonyl (C=O) groups excluding carboxylic acids is 1. The number of hydrogen-bond donors (Lipinski definition) is 2. The molecule has 1 saturated heterocycles. The van der Waals surface area contributed by atoms with E-state index in [1.165, 1.54) is 0 Å². The summed E-state index contributed by atoms with van der Waals surface area (Å²) in [6.45, 7) is 6.54. The van der Waals surface area contributed by atoms with E-state index in [-0.39, 0.29) is 0 Å². The molecule has 0 saturated carbocycles. The zero-order valence-electron chi connectivity index (χ0n) is 9.49. The molecule has 2 amide bonds. The van der Waals surface area contributed by atoms with Gasteiger partial charge >= 0.3 is 6.03 Å². The summed E-state index contributed by atoms with van der Waals surface area (Å²) in [6, 6.07) is -0.589. The van der Waals surface area contributed by atoms with Gasteiger partial charge in [0.05, 0.1) is 0 Å². The molecule has 3 unspecified atom stereocenters. The zero-order valence-corrected chi connectivity index (χ0v) is 10.3. The van der Waals surface area contributed by atoms with Crippen molar-refractivity contribution in [3.63, 3.8) is 0 Å². The molecule has 0 aliphatic carbocycles. The van der Waals surface area contributed by atoms with Crippen LogP contribution in [0.25, 0.3) is 0 Å². The Labute approximate surface area is 95.1 Å². The van der Waals surface area contributed by atoms with Crippen LogP contribution in [0.5, 0.6) is 0 Å². The fourth-order valence-electron chi connectivity index (χ4n) is 1.88. The first-order chi connectivity index (χ1) is 7.04. The third kappa shape index (κ3) is 3.41. The van der Waals surface area contributed by atoms with Crippen molar-refractivity contribution >= 4 is 23.5 Å². The maximum absolute atomic E-state index is 10.6. The molecule has 3 N–H and O–H groups in total. The summed E-state index contributed by atoms with van der Waals surface area (Å²) in [5, 5.41) is 5.26. The van der Waals surface area contributed by atoms with Crippen molar-refractivity contribution in [3.8, 4) is 0 Å². The second kappa shape index (κ2) is 5.39. The summed E-state index contributed by atoms with van der Waals surface area (Å²) in [6.07, 6.45) is 2.06. The maximum atomic E-state index is 10.6. The molecule has 0 spiro atoms. The molecule has 3 atom stereocenters. The van der Waals surface area contributed by atoms with E-state index in [1.54, 1.807) is 0 Å². The maximum Gasteiger partial charge on any atom is 0.332 e. The number of nitrogens with one attached hydrogen (secondary N) is 1. The quantitative estimate of drug-likeness (QED) is 0.711. The fourth-order valence-corrected chi connectivity index (χ4v) is 3.33. The van der Waals surface area contributed by atoms with Gasteiger partial charge in [0.25, 0.3) is 0 Å². The van der Waals surface area contributed by atoms with Crippen molar-refractivity contribution in [2.75, 3.05) is 0 Å². The molecule has 0 radical (unpaired) electrons. The van der Waals surface area contributed by atoms with Crippen LogP contribution >= 0.6 is 11.8 Å². The summed E-state index contributed by atoms with van der Waals surface area (Å²) in [7, 11) is 0. The number of carbonyl (C=O) groups is 1. The third-order valence-corrected chi connectivity index (χ3v) is 4.42. The number of nitrogens with zero attached hydrogens (tertiary/aromatic N) is 1. The number of urea groups is 1. The predicted molar refractivity (Wildman–Crippen MR) is 65.1 cm³/mol. The highest BCUT2D eigenvalue weighted by molar-refractivity contribution is 8.00. The van der Waals surface area contributed by atoms with Gasteiger partial charge in [-0.15, -0.1) is 0 Å². The average molecular weight is 229 g/mol. The molecule has 0 aromatic carbocycles. The van der Waals surface area contributed by atoms with Gasteiger partial charge in [-0.2, -0.15) is 16.9 Å². The lowest BCUT2D eigenvalue weighted by molar-refractivity contribution is 0.249. The van der Waals surface area contributed by atoms with E-state index in [9.17, 15) is 4.79 Å². The van der Waals surface area contributed by atoms with Gasteiger partial charge in [0.15, 0.2) is 0 Å². The van der Waals surface area contributed by atoms with Crippen LogP contribution in [-0.2, 0) is 0 Å². The first-order valence-electron chi connectivity index (χ1n) is 5.32. The van der Waals surface area contributed by atoms with E-state index in [2.05, 4.69) is 31.3 Å². The molecule has 15 heavy (non-hydrogen) atoms. The lowest BCUT2D eigenvalue weighted by Gasteiger charge is -2.32. The number of hydrogen-bond acceptors (Lipinski definition) is 3. The Morgan fingerprint density at radius 1 is 1.67 bits per heavy atom. The number of rotatable bonds is 2. The Morgan fingerprint density at radius 2 is 2.33 bits per heavy atom. The largest absolute Gasteiger partial charge is 0.350 e. The van der Waals surface area contributed by atoms with Crippen LogP contribution < -0.4 is 11.2 Å². The lowest BCUT2D eigenvalue weighted by atomic mass is 9.95. The van der Waals surface area contributed by atoms with Gasteiger partial charge in [0.1, 0.15) is 0 Å². The topological polar surface area (TPSA) is 67.5 Å². The van der Waals surface area contributed by atoms with Crippen molar-refractivity contribution < 1.29 is 4.79 Å². The number of nitrogens with two attached hydrogens (primary N) is 1. The van der Waals surface area contributed by atoms with Crippen molar-refractivity contribution in [3.05, 3.63) is 0 Å². The van der Waals surface area contributed by atoms with Crippen LogP contribution in [0.2, 0.25) is 0 Å². The fraction of sp³-hybridized carbons (Fsp3) is 0.800. The van der Waals surface area contributed by atoms with Crippen molar-refractivity contribution in [1.29, 1.82) is 0 Å². The monoisotopic (exact) mass is 229 g/mol. The Morgan fingerprint density at radius 3 is 2.87 bits per heavy atom. The van der Waals surface area contributed by atoms with E-state index in [1.807, 2.05) is 11.8 Å². The first kappa shape index (κ1) is 12.4. The average Bonchev–Trinajstić information content (AvgIpc) is 2.18. The highest BCUT2D eigenvalue weighted by Gasteiger charge is 2.29. The smallest absolute Gasteiger partial charge is 0.332 e. The molecule has 1 fully saturated rings. The van der Waals surface area contributed by atoms with E-state index in [0.29, 0.717) is 16.4 Å². The molecule has 4 nitrogen and oxygen atoms in total. The van der Waals surface area contributed by atoms with Crippen molar-refractivity contribution in [1.82, 2.24) is 5.43 Å². The van der Waals surface area contributed by atoms with Crippen LogP contribution in [0.4, 0.5) is 4.79 Å². The second-order valence-corrected chi connectivity index (χ2v) is 5.65.